The summed E-state index contributed by atoms with van der Waals surface area (Å²) in [5, 5.41) is 3.40. The largest absolute Gasteiger partial charge is 0.480 e. The Bertz CT molecular complexity index is 868. The van der Waals surface area contributed by atoms with Gasteiger partial charge in [-0.15, -0.1) is 0 Å². The fourth-order valence-electron chi connectivity index (χ4n) is 3.10. The van der Waals surface area contributed by atoms with Crippen LogP contribution in [-0.2, 0) is 4.79 Å². The van der Waals surface area contributed by atoms with Gasteiger partial charge >= 0.3 is 0 Å². The molecule has 1 saturated heterocycles. The van der Waals surface area contributed by atoms with Gasteiger partial charge in [0.15, 0.2) is 6.10 Å². The Balaban J connectivity index is 1.70. The zero-order chi connectivity index (χ0) is 20.1. The van der Waals surface area contributed by atoms with Gasteiger partial charge in [0.25, 0.3) is 11.8 Å². The number of nitrogens with one attached hydrogen (secondary N) is 1. The van der Waals surface area contributed by atoms with E-state index in [-0.39, 0.29) is 11.8 Å². The Morgan fingerprint density at radius 1 is 1.14 bits per heavy atom. The number of piperidine rings is 1. The molecule has 1 fully saturated rings. The molecule has 7 heteroatoms. The number of hydrogen-bond acceptors (Lipinski definition) is 3. The maximum atomic E-state index is 12.9. The molecular formula is C21H22BrClN2O3. The third-order valence-corrected chi connectivity index (χ3v) is 5.48. The lowest BCUT2D eigenvalue weighted by Crippen LogP contribution is -2.36. The van der Waals surface area contributed by atoms with Gasteiger partial charge in [-0.2, -0.15) is 0 Å². The monoisotopic (exact) mass is 464 g/mol. The van der Waals surface area contributed by atoms with Crippen LogP contribution in [0.4, 0.5) is 5.69 Å². The Hall–Kier alpha value is -2.05. The minimum absolute atomic E-state index is 0.0513. The molecule has 2 aromatic carbocycles. The van der Waals surface area contributed by atoms with Crippen molar-refractivity contribution < 1.29 is 14.3 Å². The van der Waals surface area contributed by atoms with Gasteiger partial charge in [-0.25, -0.2) is 0 Å². The van der Waals surface area contributed by atoms with Crippen LogP contribution in [0.1, 0.15) is 36.5 Å². The number of carbonyl (C=O) groups is 2. The number of ether oxygens (including phenoxy) is 1. The normalized spacial score (nSPS) is 15.0. The molecule has 1 N–H and O–H groups in total. The standard InChI is InChI=1S/C21H22BrClN2O3/c1-14(28-19-10-9-15(23)13-17(19)22)20(26)24-18-8-4-3-7-16(18)21(27)25-11-5-2-6-12-25/h3-4,7-10,13-14H,2,5-6,11-12H2,1H3,(H,24,26)/t14-/m0/s1. The van der Waals surface area contributed by atoms with E-state index in [2.05, 4.69) is 21.2 Å². The van der Waals surface area contributed by atoms with Crippen molar-refractivity contribution in [1.29, 1.82) is 0 Å². The SMILES string of the molecule is C[C@H](Oc1ccc(Cl)cc1Br)C(=O)Nc1ccccc1C(=O)N1CCCCC1. The van der Waals surface area contributed by atoms with Gasteiger partial charge in [-0.05, 0) is 72.4 Å². The summed E-state index contributed by atoms with van der Waals surface area (Å²) < 4.78 is 6.40. The zero-order valence-electron chi connectivity index (χ0n) is 15.6. The second-order valence-electron chi connectivity index (χ2n) is 6.72. The van der Waals surface area contributed by atoms with E-state index in [1.807, 2.05) is 4.90 Å². The molecule has 0 spiro atoms. The number of anilines is 1. The molecule has 0 aromatic heterocycles. The number of amides is 2. The third-order valence-electron chi connectivity index (χ3n) is 4.63. The second kappa shape index (κ2) is 9.43. The van der Waals surface area contributed by atoms with E-state index in [9.17, 15) is 9.59 Å². The number of para-hydroxylation sites is 1. The molecular weight excluding hydrogens is 444 g/mol. The summed E-state index contributed by atoms with van der Waals surface area (Å²) in [4.78, 5) is 27.4. The first-order valence-corrected chi connectivity index (χ1v) is 10.4. The number of likely N-dealkylation sites (tertiary alicyclic amines) is 1. The van der Waals surface area contributed by atoms with E-state index >= 15 is 0 Å². The van der Waals surface area contributed by atoms with Crippen LogP contribution in [0.25, 0.3) is 0 Å². The summed E-state index contributed by atoms with van der Waals surface area (Å²) in [6.45, 7) is 3.17. The molecule has 0 bridgehead atoms. The van der Waals surface area contributed by atoms with E-state index < -0.39 is 6.10 Å². The summed E-state index contributed by atoms with van der Waals surface area (Å²) in [6, 6.07) is 12.2. The van der Waals surface area contributed by atoms with Crippen molar-refractivity contribution in [1.82, 2.24) is 4.90 Å². The van der Waals surface area contributed by atoms with E-state index in [1.54, 1.807) is 49.4 Å². The summed E-state index contributed by atoms with van der Waals surface area (Å²) in [7, 11) is 0. The molecule has 148 valence electrons. The van der Waals surface area contributed by atoms with Crippen molar-refractivity contribution >= 4 is 45.0 Å². The zero-order valence-corrected chi connectivity index (χ0v) is 17.9. The van der Waals surface area contributed by atoms with Gasteiger partial charge in [0, 0.05) is 18.1 Å². The molecule has 2 amide bonds. The lowest BCUT2D eigenvalue weighted by Gasteiger charge is -2.27. The molecule has 3 rings (SSSR count). The molecule has 0 saturated carbocycles. The van der Waals surface area contributed by atoms with Crippen LogP contribution in [-0.4, -0.2) is 35.9 Å². The van der Waals surface area contributed by atoms with Gasteiger partial charge in [0.1, 0.15) is 5.75 Å². The highest BCUT2D eigenvalue weighted by molar-refractivity contribution is 9.10. The van der Waals surface area contributed by atoms with E-state index in [4.69, 9.17) is 16.3 Å². The van der Waals surface area contributed by atoms with Gasteiger partial charge in [0.2, 0.25) is 0 Å². The minimum Gasteiger partial charge on any atom is -0.480 e. The molecule has 0 radical (unpaired) electrons. The van der Waals surface area contributed by atoms with Crippen molar-refractivity contribution in [3.05, 3.63) is 57.5 Å². The van der Waals surface area contributed by atoms with E-state index in [0.29, 0.717) is 26.5 Å². The summed E-state index contributed by atoms with van der Waals surface area (Å²) in [5.41, 5.74) is 0.992. The molecule has 5 nitrogen and oxygen atoms in total. The Labute approximate surface area is 178 Å². The fraction of sp³-hybridized carbons (Fsp3) is 0.333. The number of halogens is 2. The van der Waals surface area contributed by atoms with Crippen molar-refractivity contribution in [3.63, 3.8) is 0 Å². The van der Waals surface area contributed by atoms with Crippen LogP contribution in [0.3, 0.4) is 0 Å². The van der Waals surface area contributed by atoms with E-state index in [1.165, 1.54) is 0 Å². The predicted molar refractivity (Wildman–Crippen MR) is 114 cm³/mol. The molecule has 2 aromatic rings. The smallest absolute Gasteiger partial charge is 0.265 e. The number of hydrogen-bond donors (Lipinski definition) is 1. The second-order valence-corrected chi connectivity index (χ2v) is 8.01. The quantitative estimate of drug-likeness (QED) is 0.665. The van der Waals surface area contributed by atoms with Crippen LogP contribution >= 0.6 is 27.5 Å². The number of rotatable bonds is 5. The molecule has 1 aliphatic heterocycles. The highest BCUT2D eigenvalue weighted by atomic mass is 79.9. The van der Waals surface area contributed by atoms with Crippen molar-refractivity contribution in [2.24, 2.45) is 0 Å². The first-order valence-electron chi connectivity index (χ1n) is 9.26. The first kappa shape index (κ1) is 20.7. The first-order chi connectivity index (χ1) is 13.5. The minimum atomic E-state index is -0.754. The molecule has 0 unspecified atom stereocenters. The average molecular weight is 466 g/mol. The van der Waals surface area contributed by atoms with Gasteiger partial charge in [-0.1, -0.05) is 23.7 Å². The van der Waals surface area contributed by atoms with Crippen LogP contribution in [0.15, 0.2) is 46.9 Å². The molecule has 1 atom stereocenters. The Kier molecular flexibility index (Phi) is 6.97. The number of nitrogens with zero attached hydrogens (tertiary/aromatic N) is 1. The van der Waals surface area contributed by atoms with Gasteiger partial charge in [-0.3, -0.25) is 9.59 Å². The highest BCUT2D eigenvalue weighted by Gasteiger charge is 2.23. The lowest BCUT2D eigenvalue weighted by atomic mass is 10.1. The van der Waals surface area contributed by atoms with E-state index in [0.717, 1.165) is 32.4 Å². The van der Waals surface area contributed by atoms with Crippen LogP contribution in [0.5, 0.6) is 5.75 Å². The maximum absolute atomic E-state index is 12.9. The molecule has 28 heavy (non-hydrogen) atoms. The molecule has 1 aliphatic rings. The van der Waals surface area contributed by atoms with Gasteiger partial charge < -0.3 is 15.0 Å². The van der Waals surface area contributed by atoms with Crippen molar-refractivity contribution in [2.45, 2.75) is 32.3 Å². The predicted octanol–water partition coefficient (Wildman–Crippen LogP) is 5.13. The maximum Gasteiger partial charge on any atom is 0.265 e. The highest BCUT2D eigenvalue weighted by Crippen LogP contribution is 2.29. The number of benzene rings is 2. The summed E-state index contributed by atoms with van der Waals surface area (Å²) in [5.74, 6) is 0.134. The lowest BCUT2D eigenvalue weighted by molar-refractivity contribution is -0.122. The average Bonchev–Trinajstić information content (AvgIpc) is 2.70. The topological polar surface area (TPSA) is 58.6 Å². The summed E-state index contributed by atoms with van der Waals surface area (Å²) >= 11 is 9.31. The molecule has 1 heterocycles. The van der Waals surface area contributed by atoms with Crippen LogP contribution in [0.2, 0.25) is 5.02 Å². The summed E-state index contributed by atoms with van der Waals surface area (Å²) in [6.07, 6.45) is 2.43. The van der Waals surface area contributed by atoms with Gasteiger partial charge in [0.05, 0.1) is 15.7 Å². The Morgan fingerprint density at radius 2 is 1.86 bits per heavy atom. The molecule has 0 aliphatic carbocycles. The van der Waals surface area contributed by atoms with Crippen molar-refractivity contribution in [3.8, 4) is 5.75 Å². The van der Waals surface area contributed by atoms with Crippen LogP contribution < -0.4 is 10.1 Å². The van der Waals surface area contributed by atoms with Crippen LogP contribution in [0, 0.1) is 0 Å². The van der Waals surface area contributed by atoms with Crippen molar-refractivity contribution in [2.75, 3.05) is 18.4 Å². The fourth-order valence-corrected chi connectivity index (χ4v) is 3.87. The third kappa shape index (κ3) is 5.06. The Morgan fingerprint density at radius 3 is 2.57 bits per heavy atom. The number of carbonyl (C=O) groups excluding carboxylic acids is 2.